The van der Waals surface area contributed by atoms with Crippen LogP contribution in [0.1, 0.15) is 11.1 Å². The predicted molar refractivity (Wildman–Crippen MR) is 52.0 cm³/mol. The molecule has 1 heteroatoms. The minimum absolute atomic E-state index is 0.994. The quantitative estimate of drug-likeness (QED) is 0.609. The Balaban J connectivity index is 2.36. The van der Waals surface area contributed by atoms with Crippen LogP contribution in [0.4, 0.5) is 0 Å². The smallest absolute Gasteiger partial charge is 0.0138 e. The second-order valence-corrected chi connectivity index (χ2v) is 3.06. The van der Waals surface area contributed by atoms with Gasteiger partial charge in [0.05, 0.1) is 0 Å². The summed E-state index contributed by atoms with van der Waals surface area (Å²) in [5.74, 6) is 0. The maximum absolute atomic E-state index is 3.34. The van der Waals surface area contributed by atoms with Gasteiger partial charge in [0.1, 0.15) is 0 Å². The van der Waals surface area contributed by atoms with Crippen molar-refractivity contribution in [2.24, 2.45) is 0 Å². The van der Waals surface area contributed by atoms with Gasteiger partial charge in [-0.25, -0.2) is 0 Å². The molecule has 12 heavy (non-hydrogen) atoms. The van der Waals surface area contributed by atoms with Crippen molar-refractivity contribution < 1.29 is 0 Å². The van der Waals surface area contributed by atoms with Crippen molar-refractivity contribution in [3.8, 4) is 0 Å². The summed E-state index contributed by atoms with van der Waals surface area (Å²) in [6, 6.07) is 8.58. The van der Waals surface area contributed by atoms with Crippen LogP contribution in [0.5, 0.6) is 0 Å². The molecule has 1 aromatic carbocycles. The highest BCUT2D eigenvalue weighted by Gasteiger charge is 1.99. The van der Waals surface area contributed by atoms with Crippen LogP contribution >= 0.6 is 0 Å². The lowest BCUT2D eigenvalue weighted by Gasteiger charge is -2.09. The van der Waals surface area contributed by atoms with Crippen molar-refractivity contribution in [3.05, 3.63) is 41.5 Å². The third kappa shape index (κ3) is 1.56. The van der Waals surface area contributed by atoms with Gasteiger partial charge in [-0.2, -0.15) is 0 Å². The van der Waals surface area contributed by atoms with Gasteiger partial charge in [0.2, 0.25) is 0 Å². The van der Waals surface area contributed by atoms with Gasteiger partial charge in [-0.3, -0.25) is 0 Å². The molecule has 1 N–H and O–H groups in total. The molecule has 1 aliphatic heterocycles. The molecule has 0 spiro atoms. The minimum Gasteiger partial charge on any atom is -0.313 e. The van der Waals surface area contributed by atoms with E-state index in [4.69, 9.17) is 0 Å². The Kier molecular flexibility index (Phi) is 2.23. The van der Waals surface area contributed by atoms with Crippen LogP contribution in [-0.4, -0.2) is 13.1 Å². The summed E-state index contributed by atoms with van der Waals surface area (Å²) in [5, 5.41) is 3.34. The second-order valence-electron chi connectivity index (χ2n) is 3.06. The number of benzene rings is 1. The van der Waals surface area contributed by atoms with E-state index in [2.05, 4.69) is 41.7 Å². The van der Waals surface area contributed by atoms with Crippen LogP contribution in [-0.2, 0) is 6.42 Å². The molecule has 1 nitrogen and oxygen atoms in total. The van der Waals surface area contributed by atoms with Gasteiger partial charge in [-0.1, -0.05) is 36.4 Å². The van der Waals surface area contributed by atoms with E-state index < -0.39 is 0 Å². The van der Waals surface area contributed by atoms with Gasteiger partial charge in [0.25, 0.3) is 0 Å². The fourth-order valence-electron chi connectivity index (χ4n) is 1.52. The summed E-state index contributed by atoms with van der Waals surface area (Å²) in [6.45, 7) is 2.08. The van der Waals surface area contributed by atoms with Gasteiger partial charge < -0.3 is 5.32 Å². The van der Waals surface area contributed by atoms with E-state index in [0.717, 1.165) is 19.5 Å². The fourth-order valence-corrected chi connectivity index (χ4v) is 1.52. The third-order valence-electron chi connectivity index (χ3n) is 2.19. The van der Waals surface area contributed by atoms with E-state index in [1.807, 2.05) is 0 Å². The van der Waals surface area contributed by atoms with Crippen LogP contribution in [0.2, 0.25) is 0 Å². The highest BCUT2D eigenvalue weighted by molar-refractivity contribution is 5.54. The standard InChI is InChI=1S/C11H13N/c1-2-5-11-7-9-12-8-3-6-10(11)4-1/h1-6,12H,7-9H2. The molecule has 62 valence electrons. The first-order valence-electron chi connectivity index (χ1n) is 4.42. The summed E-state index contributed by atoms with van der Waals surface area (Å²) >= 11 is 0. The molecule has 0 radical (unpaired) electrons. The summed E-state index contributed by atoms with van der Waals surface area (Å²) in [4.78, 5) is 0. The number of nitrogens with one attached hydrogen (secondary N) is 1. The number of hydrogen-bond acceptors (Lipinski definition) is 1. The molecule has 0 atom stereocenters. The normalized spacial score (nSPS) is 16.3. The first kappa shape index (κ1) is 7.56. The number of rotatable bonds is 0. The van der Waals surface area contributed by atoms with Gasteiger partial charge in [0.15, 0.2) is 0 Å². The Morgan fingerprint density at radius 1 is 1.17 bits per heavy atom. The topological polar surface area (TPSA) is 12.0 Å². The van der Waals surface area contributed by atoms with E-state index in [0.29, 0.717) is 0 Å². The lowest BCUT2D eigenvalue weighted by atomic mass is 10.0. The average Bonchev–Trinajstić information content (AvgIpc) is 2.06. The zero-order valence-corrected chi connectivity index (χ0v) is 7.09. The van der Waals surface area contributed by atoms with Crippen LogP contribution < -0.4 is 5.32 Å². The van der Waals surface area contributed by atoms with E-state index in [-0.39, 0.29) is 0 Å². The lowest BCUT2D eigenvalue weighted by Crippen LogP contribution is -2.18. The molecule has 1 aliphatic rings. The average molecular weight is 159 g/mol. The zero-order valence-electron chi connectivity index (χ0n) is 7.09. The van der Waals surface area contributed by atoms with Crippen molar-refractivity contribution in [1.82, 2.24) is 5.32 Å². The van der Waals surface area contributed by atoms with Crippen molar-refractivity contribution >= 4 is 6.08 Å². The van der Waals surface area contributed by atoms with E-state index in [1.54, 1.807) is 0 Å². The van der Waals surface area contributed by atoms with Gasteiger partial charge >= 0.3 is 0 Å². The fraction of sp³-hybridized carbons (Fsp3) is 0.273. The van der Waals surface area contributed by atoms with Crippen molar-refractivity contribution in [2.45, 2.75) is 6.42 Å². The molecule has 0 unspecified atom stereocenters. The second kappa shape index (κ2) is 3.55. The number of hydrogen-bond donors (Lipinski definition) is 1. The molecule has 0 aromatic heterocycles. The molecule has 0 bridgehead atoms. The Morgan fingerprint density at radius 2 is 2.08 bits per heavy atom. The number of fused-ring (bicyclic) bond motifs is 1. The van der Waals surface area contributed by atoms with Gasteiger partial charge in [0, 0.05) is 6.54 Å². The van der Waals surface area contributed by atoms with Gasteiger partial charge in [-0.15, -0.1) is 0 Å². The Bertz CT molecular complexity index is 289. The third-order valence-corrected chi connectivity index (χ3v) is 2.19. The van der Waals surface area contributed by atoms with Crippen LogP contribution in [0.3, 0.4) is 0 Å². The molecule has 0 amide bonds. The highest BCUT2D eigenvalue weighted by atomic mass is 14.8. The summed E-state index contributed by atoms with van der Waals surface area (Å²) in [7, 11) is 0. The molecule has 0 saturated heterocycles. The van der Waals surface area contributed by atoms with E-state index in [9.17, 15) is 0 Å². The molecule has 0 saturated carbocycles. The molecular weight excluding hydrogens is 146 g/mol. The largest absolute Gasteiger partial charge is 0.313 e. The molecule has 1 heterocycles. The predicted octanol–water partition coefficient (Wildman–Crippen LogP) is 1.85. The molecule has 0 aliphatic carbocycles. The monoisotopic (exact) mass is 159 g/mol. The molecule has 1 aromatic rings. The van der Waals surface area contributed by atoms with Crippen molar-refractivity contribution in [3.63, 3.8) is 0 Å². The van der Waals surface area contributed by atoms with Crippen molar-refractivity contribution in [2.75, 3.05) is 13.1 Å². The summed E-state index contributed by atoms with van der Waals surface area (Å²) in [5.41, 5.74) is 2.82. The zero-order chi connectivity index (χ0) is 8.23. The van der Waals surface area contributed by atoms with Crippen molar-refractivity contribution in [1.29, 1.82) is 0 Å². The maximum atomic E-state index is 3.34. The first-order chi connectivity index (χ1) is 5.97. The maximum Gasteiger partial charge on any atom is 0.0138 e. The highest BCUT2D eigenvalue weighted by Crippen LogP contribution is 2.11. The van der Waals surface area contributed by atoms with E-state index in [1.165, 1.54) is 11.1 Å². The SMILES string of the molecule is C1=Cc2ccccc2CCNC1. The van der Waals surface area contributed by atoms with Crippen LogP contribution in [0.15, 0.2) is 30.3 Å². The van der Waals surface area contributed by atoms with Crippen LogP contribution in [0, 0.1) is 0 Å². The minimum atomic E-state index is 0.994. The summed E-state index contributed by atoms with van der Waals surface area (Å²) < 4.78 is 0. The van der Waals surface area contributed by atoms with Gasteiger partial charge in [-0.05, 0) is 24.1 Å². The lowest BCUT2D eigenvalue weighted by molar-refractivity contribution is 0.741. The van der Waals surface area contributed by atoms with E-state index >= 15 is 0 Å². The molecular formula is C11H13N. The molecule has 0 fully saturated rings. The molecule has 2 rings (SSSR count). The Labute approximate surface area is 73.1 Å². The Morgan fingerprint density at radius 3 is 3.08 bits per heavy atom. The van der Waals surface area contributed by atoms with Crippen LogP contribution in [0.25, 0.3) is 6.08 Å². The Hall–Kier alpha value is -1.08. The summed E-state index contributed by atoms with van der Waals surface area (Å²) in [6.07, 6.45) is 5.51. The first-order valence-corrected chi connectivity index (χ1v) is 4.42.